The zero-order valence-corrected chi connectivity index (χ0v) is 20.1. The van der Waals surface area contributed by atoms with Crippen LogP contribution in [0.15, 0.2) is 40.2 Å². The number of β-amino-alcohol motifs (C(OH)–C–C–N with tert-alkyl or cyclic N) is 1. The van der Waals surface area contributed by atoms with Crippen LogP contribution in [0, 0.1) is 5.92 Å². The van der Waals surface area contributed by atoms with Crippen molar-refractivity contribution < 1.29 is 14.6 Å². The monoisotopic (exact) mass is 497 g/mol. The molecule has 1 saturated heterocycles. The number of hydrogen-bond acceptors (Lipinski definition) is 10. The summed E-state index contributed by atoms with van der Waals surface area (Å²) < 4.78 is 6.79. The quantitative estimate of drug-likeness (QED) is 0.399. The molecule has 0 aromatic carbocycles. The van der Waals surface area contributed by atoms with Crippen LogP contribution in [0.3, 0.4) is 0 Å². The Morgan fingerprint density at radius 1 is 1.20 bits per heavy atom. The van der Waals surface area contributed by atoms with Gasteiger partial charge in [0.25, 0.3) is 5.56 Å². The maximum atomic E-state index is 12.5. The second-order valence-corrected chi connectivity index (χ2v) is 9.67. The topological polar surface area (TPSA) is 134 Å². The Morgan fingerprint density at radius 2 is 2.09 bits per heavy atom. The van der Waals surface area contributed by atoms with E-state index in [0.29, 0.717) is 67.9 Å². The molecule has 5 heterocycles. The molecule has 2 aliphatic heterocycles. The first kappa shape index (κ1) is 23.7. The molecule has 0 saturated carbocycles. The van der Waals surface area contributed by atoms with Crippen LogP contribution in [0.2, 0.25) is 0 Å². The number of anilines is 1. The number of ether oxygens (including phenoxy) is 1. The van der Waals surface area contributed by atoms with E-state index < -0.39 is 6.10 Å². The summed E-state index contributed by atoms with van der Waals surface area (Å²) >= 11 is 1.49. The first-order valence-corrected chi connectivity index (χ1v) is 12.4. The second kappa shape index (κ2) is 10.3. The van der Waals surface area contributed by atoms with Gasteiger partial charge in [0.05, 0.1) is 35.8 Å². The minimum Gasteiger partial charge on any atom is -0.481 e. The SMILES string of the molecule is COc1ccc2ncc(=O)n(CCN3C[C@H](CNCc4ccc5c(n4)NC(=O)CS5)[C@@H](O)C3)c2n1. The van der Waals surface area contributed by atoms with Gasteiger partial charge >= 0.3 is 0 Å². The highest BCUT2D eigenvalue weighted by atomic mass is 32.2. The fourth-order valence-corrected chi connectivity index (χ4v) is 5.16. The predicted octanol–water partition coefficient (Wildman–Crippen LogP) is 0.322. The van der Waals surface area contributed by atoms with E-state index in [4.69, 9.17) is 4.74 Å². The molecule has 0 radical (unpaired) electrons. The van der Waals surface area contributed by atoms with Gasteiger partial charge in [-0.15, -0.1) is 11.8 Å². The molecule has 3 N–H and O–H groups in total. The number of aliphatic hydroxyl groups is 1. The molecular weight excluding hydrogens is 470 g/mol. The number of amides is 1. The van der Waals surface area contributed by atoms with Gasteiger partial charge in [-0.2, -0.15) is 4.98 Å². The molecule has 35 heavy (non-hydrogen) atoms. The molecule has 184 valence electrons. The van der Waals surface area contributed by atoms with Gasteiger partial charge in [0, 0.05) is 51.3 Å². The van der Waals surface area contributed by atoms with E-state index in [1.807, 2.05) is 12.1 Å². The number of aromatic nitrogens is 4. The molecule has 11 nitrogen and oxygen atoms in total. The van der Waals surface area contributed by atoms with Gasteiger partial charge in [0.1, 0.15) is 11.3 Å². The summed E-state index contributed by atoms with van der Waals surface area (Å²) in [7, 11) is 1.53. The van der Waals surface area contributed by atoms with E-state index in [1.54, 1.807) is 16.7 Å². The lowest BCUT2D eigenvalue weighted by molar-refractivity contribution is -0.113. The van der Waals surface area contributed by atoms with E-state index >= 15 is 0 Å². The van der Waals surface area contributed by atoms with Crippen molar-refractivity contribution in [1.82, 2.24) is 29.7 Å². The standard InChI is InChI=1S/C23H27N7O4S/c1-34-20-5-3-16-23(28-20)30(21(33)10-25-16)7-6-29-11-14(17(31)12-29)8-24-9-15-2-4-18-22(26-15)27-19(32)13-35-18/h2-5,10,14,17,24,31H,6-9,11-13H2,1H3,(H,26,27,32)/t14-,17-/m0/s1. The average molecular weight is 498 g/mol. The normalized spacial score (nSPS) is 20.1. The number of pyridine rings is 2. The van der Waals surface area contributed by atoms with Crippen molar-refractivity contribution in [3.63, 3.8) is 0 Å². The lowest BCUT2D eigenvalue weighted by Crippen LogP contribution is -2.31. The third-order valence-electron chi connectivity index (χ3n) is 6.24. The number of fused-ring (bicyclic) bond motifs is 2. The van der Waals surface area contributed by atoms with Gasteiger partial charge in [-0.05, 0) is 18.2 Å². The van der Waals surface area contributed by atoms with Crippen LogP contribution >= 0.6 is 11.8 Å². The smallest absolute Gasteiger partial charge is 0.270 e. The number of carbonyl (C=O) groups excluding carboxylic acids is 1. The van der Waals surface area contributed by atoms with E-state index in [-0.39, 0.29) is 17.4 Å². The molecule has 2 aliphatic rings. The highest BCUT2D eigenvalue weighted by molar-refractivity contribution is 8.00. The molecule has 0 spiro atoms. The maximum absolute atomic E-state index is 12.5. The number of likely N-dealkylation sites (tertiary alicyclic amines) is 1. The van der Waals surface area contributed by atoms with Crippen molar-refractivity contribution in [2.45, 2.75) is 24.1 Å². The van der Waals surface area contributed by atoms with Crippen molar-refractivity contribution in [3.05, 3.63) is 46.5 Å². The zero-order valence-electron chi connectivity index (χ0n) is 19.3. The van der Waals surface area contributed by atoms with Gasteiger partial charge in [-0.3, -0.25) is 19.1 Å². The average Bonchev–Trinajstić information content (AvgIpc) is 3.21. The Labute approximate surface area is 205 Å². The summed E-state index contributed by atoms with van der Waals surface area (Å²) in [6.45, 7) is 3.48. The molecule has 0 aliphatic carbocycles. The zero-order chi connectivity index (χ0) is 24.4. The van der Waals surface area contributed by atoms with Gasteiger partial charge < -0.3 is 20.5 Å². The lowest BCUT2D eigenvalue weighted by atomic mass is 10.1. The molecule has 12 heteroatoms. The van der Waals surface area contributed by atoms with Crippen LogP contribution in [-0.4, -0.2) is 80.6 Å². The third kappa shape index (κ3) is 5.30. The number of aliphatic hydroxyl groups excluding tert-OH is 1. The third-order valence-corrected chi connectivity index (χ3v) is 7.29. The molecule has 3 aromatic heterocycles. The van der Waals surface area contributed by atoms with Crippen LogP contribution in [0.1, 0.15) is 5.69 Å². The summed E-state index contributed by atoms with van der Waals surface area (Å²) in [6.07, 6.45) is 0.847. The molecular formula is C23H27N7O4S. The first-order chi connectivity index (χ1) is 17.0. The first-order valence-electron chi connectivity index (χ1n) is 11.4. The van der Waals surface area contributed by atoms with Gasteiger partial charge in [-0.1, -0.05) is 0 Å². The Kier molecular flexibility index (Phi) is 6.95. The Morgan fingerprint density at radius 3 is 2.94 bits per heavy atom. The maximum Gasteiger partial charge on any atom is 0.270 e. The van der Waals surface area contributed by atoms with Gasteiger partial charge in [0.15, 0.2) is 5.65 Å². The van der Waals surface area contributed by atoms with E-state index in [1.165, 1.54) is 25.1 Å². The van der Waals surface area contributed by atoms with E-state index in [2.05, 4.69) is 30.5 Å². The van der Waals surface area contributed by atoms with Crippen LogP contribution in [0.25, 0.3) is 11.2 Å². The summed E-state index contributed by atoms with van der Waals surface area (Å²) in [5, 5.41) is 16.8. The number of carbonyl (C=O) groups is 1. The van der Waals surface area contributed by atoms with Crippen molar-refractivity contribution in [1.29, 1.82) is 0 Å². The van der Waals surface area contributed by atoms with Crippen LogP contribution in [0.5, 0.6) is 5.88 Å². The van der Waals surface area contributed by atoms with Gasteiger partial charge in [-0.25, -0.2) is 9.97 Å². The molecule has 0 unspecified atom stereocenters. The molecule has 2 atom stereocenters. The number of thioether (sulfide) groups is 1. The van der Waals surface area contributed by atoms with Crippen LogP contribution in [-0.2, 0) is 17.9 Å². The molecule has 1 fully saturated rings. The number of nitrogens with one attached hydrogen (secondary N) is 2. The Balaban J connectivity index is 1.16. The summed E-state index contributed by atoms with van der Waals surface area (Å²) in [5.74, 6) is 1.48. The Bertz CT molecular complexity index is 1300. The molecule has 3 aromatic rings. The number of methoxy groups -OCH3 is 1. The molecule has 0 bridgehead atoms. The fraction of sp³-hybridized carbons (Fsp3) is 0.435. The highest BCUT2D eigenvalue weighted by Gasteiger charge is 2.30. The minimum atomic E-state index is -0.459. The van der Waals surface area contributed by atoms with E-state index in [9.17, 15) is 14.7 Å². The van der Waals surface area contributed by atoms with E-state index in [0.717, 1.165) is 10.6 Å². The fourth-order valence-electron chi connectivity index (χ4n) is 4.41. The lowest BCUT2D eigenvalue weighted by Gasteiger charge is -2.18. The summed E-state index contributed by atoms with van der Waals surface area (Å²) in [5.41, 5.74) is 1.73. The molecule has 5 rings (SSSR count). The minimum absolute atomic E-state index is 0.0359. The highest BCUT2D eigenvalue weighted by Crippen LogP contribution is 2.29. The van der Waals surface area contributed by atoms with Crippen molar-refractivity contribution in [3.8, 4) is 5.88 Å². The largest absolute Gasteiger partial charge is 0.481 e. The van der Waals surface area contributed by atoms with Crippen molar-refractivity contribution in [2.75, 3.05) is 44.4 Å². The number of nitrogens with zero attached hydrogens (tertiary/aromatic N) is 5. The van der Waals surface area contributed by atoms with Crippen molar-refractivity contribution >= 4 is 34.7 Å². The van der Waals surface area contributed by atoms with Crippen molar-refractivity contribution in [2.24, 2.45) is 5.92 Å². The summed E-state index contributed by atoms with van der Waals surface area (Å²) in [6, 6.07) is 7.42. The second-order valence-electron chi connectivity index (χ2n) is 8.65. The number of rotatable bonds is 8. The summed E-state index contributed by atoms with van der Waals surface area (Å²) in [4.78, 5) is 40.3. The molecule has 1 amide bonds. The number of hydrogen-bond donors (Lipinski definition) is 3. The van der Waals surface area contributed by atoms with Crippen LogP contribution < -0.4 is 20.9 Å². The van der Waals surface area contributed by atoms with Crippen LogP contribution in [0.4, 0.5) is 5.82 Å². The Hall–Kier alpha value is -3.06. The van der Waals surface area contributed by atoms with Gasteiger partial charge in [0.2, 0.25) is 11.8 Å². The predicted molar refractivity (Wildman–Crippen MR) is 132 cm³/mol.